The third kappa shape index (κ3) is 4.35. The molecular weight excluding hydrogens is 400 g/mol. The monoisotopic (exact) mass is 428 g/mol. The maximum Gasteiger partial charge on any atom is 0.310 e. The second kappa shape index (κ2) is 8.83. The standard InChI is InChI=1S/C26H28N4O2/c1-17-11-12-21(13-18(17)2)26-22(15-30(28-26)23-9-7-6-8-10-23)16-32-25(31)14-24-19(3)27-29(5)20(24)4/h6-13,15H,14,16H2,1-5H3. The highest BCUT2D eigenvalue weighted by Gasteiger charge is 2.18. The molecule has 0 fully saturated rings. The van der Waals surface area contributed by atoms with Crippen molar-refractivity contribution in [3.63, 3.8) is 0 Å². The number of para-hydroxylation sites is 1. The molecule has 0 aliphatic rings. The molecule has 2 aromatic carbocycles. The van der Waals surface area contributed by atoms with Gasteiger partial charge in [-0.25, -0.2) is 4.68 Å². The molecule has 4 aromatic rings. The van der Waals surface area contributed by atoms with Gasteiger partial charge >= 0.3 is 5.97 Å². The Morgan fingerprint density at radius 1 is 0.969 bits per heavy atom. The minimum atomic E-state index is -0.275. The molecule has 2 aromatic heterocycles. The second-order valence-corrected chi connectivity index (χ2v) is 8.19. The fourth-order valence-corrected chi connectivity index (χ4v) is 3.79. The van der Waals surface area contributed by atoms with Gasteiger partial charge in [-0.1, -0.05) is 30.3 Å². The zero-order chi connectivity index (χ0) is 22.8. The van der Waals surface area contributed by atoms with Crippen LogP contribution >= 0.6 is 0 Å². The number of ether oxygens (including phenoxy) is 1. The van der Waals surface area contributed by atoms with Crippen LogP contribution in [0.3, 0.4) is 0 Å². The lowest BCUT2D eigenvalue weighted by molar-refractivity contribution is -0.144. The number of hydrogen-bond donors (Lipinski definition) is 0. The van der Waals surface area contributed by atoms with Crippen LogP contribution in [0.4, 0.5) is 0 Å². The maximum absolute atomic E-state index is 12.6. The Kier molecular flexibility index (Phi) is 5.95. The SMILES string of the molecule is Cc1ccc(-c2nn(-c3ccccc3)cc2COC(=O)Cc2c(C)nn(C)c2C)cc1C. The number of esters is 1. The Labute approximate surface area is 188 Å². The number of hydrogen-bond acceptors (Lipinski definition) is 4. The molecular formula is C26H28N4O2. The van der Waals surface area contributed by atoms with Crippen molar-refractivity contribution in [2.45, 2.75) is 40.7 Å². The van der Waals surface area contributed by atoms with E-state index in [1.807, 2.05) is 62.1 Å². The summed E-state index contributed by atoms with van der Waals surface area (Å²) in [5.41, 5.74) is 8.83. The third-order valence-electron chi connectivity index (χ3n) is 5.96. The Morgan fingerprint density at radius 2 is 1.72 bits per heavy atom. The first kappa shape index (κ1) is 21.6. The molecule has 0 aliphatic heterocycles. The molecule has 2 heterocycles. The van der Waals surface area contributed by atoms with Gasteiger partial charge in [-0.2, -0.15) is 10.2 Å². The molecule has 0 atom stereocenters. The summed E-state index contributed by atoms with van der Waals surface area (Å²) in [6.45, 7) is 8.21. The van der Waals surface area contributed by atoms with Crippen LogP contribution in [0.2, 0.25) is 0 Å². The summed E-state index contributed by atoms with van der Waals surface area (Å²) in [5, 5.41) is 9.21. The molecule has 0 amide bonds. The van der Waals surface area contributed by atoms with Crippen molar-refractivity contribution < 1.29 is 9.53 Å². The molecule has 0 aliphatic carbocycles. The summed E-state index contributed by atoms with van der Waals surface area (Å²) in [5.74, 6) is -0.275. The molecule has 0 spiro atoms. The molecule has 0 radical (unpaired) electrons. The third-order valence-corrected chi connectivity index (χ3v) is 5.96. The van der Waals surface area contributed by atoms with E-state index in [2.05, 4.69) is 37.1 Å². The van der Waals surface area contributed by atoms with E-state index in [-0.39, 0.29) is 19.0 Å². The van der Waals surface area contributed by atoms with E-state index in [1.165, 1.54) is 11.1 Å². The predicted molar refractivity (Wildman–Crippen MR) is 125 cm³/mol. The van der Waals surface area contributed by atoms with Crippen molar-refractivity contribution in [1.29, 1.82) is 0 Å². The van der Waals surface area contributed by atoms with E-state index >= 15 is 0 Å². The lowest BCUT2D eigenvalue weighted by Crippen LogP contribution is -2.09. The van der Waals surface area contributed by atoms with E-state index in [4.69, 9.17) is 9.84 Å². The first-order chi connectivity index (χ1) is 15.3. The van der Waals surface area contributed by atoms with E-state index < -0.39 is 0 Å². The number of benzene rings is 2. The summed E-state index contributed by atoms with van der Waals surface area (Å²) in [6, 6.07) is 16.2. The van der Waals surface area contributed by atoms with Crippen LogP contribution in [-0.4, -0.2) is 25.5 Å². The molecule has 0 saturated carbocycles. The zero-order valence-corrected chi connectivity index (χ0v) is 19.2. The van der Waals surface area contributed by atoms with Crippen LogP contribution in [0.15, 0.2) is 54.7 Å². The van der Waals surface area contributed by atoms with E-state index in [0.717, 1.165) is 39.5 Å². The molecule has 0 unspecified atom stereocenters. The minimum Gasteiger partial charge on any atom is -0.460 e. The van der Waals surface area contributed by atoms with Gasteiger partial charge in [-0.15, -0.1) is 0 Å². The normalized spacial score (nSPS) is 11.0. The van der Waals surface area contributed by atoms with Crippen molar-refractivity contribution in [3.05, 3.63) is 88.4 Å². The Hall–Kier alpha value is -3.67. The van der Waals surface area contributed by atoms with E-state index in [9.17, 15) is 4.79 Å². The number of carbonyl (C=O) groups is 1. The number of nitrogens with zero attached hydrogens (tertiary/aromatic N) is 4. The molecule has 32 heavy (non-hydrogen) atoms. The minimum absolute atomic E-state index is 0.159. The van der Waals surface area contributed by atoms with Gasteiger partial charge in [0.25, 0.3) is 0 Å². The number of rotatable bonds is 6. The molecule has 0 saturated heterocycles. The van der Waals surface area contributed by atoms with Crippen molar-refractivity contribution in [1.82, 2.24) is 19.6 Å². The van der Waals surface area contributed by atoms with Crippen molar-refractivity contribution in [3.8, 4) is 16.9 Å². The molecule has 0 N–H and O–H groups in total. The topological polar surface area (TPSA) is 61.9 Å². The molecule has 6 heteroatoms. The summed E-state index contributed by atoms with van der Waals surface area (Å²) in [6.07, 6.45) is 2.14. The van der Waals surface area contributed by atoms with Crippen LogP contribution in [0.25, 0.3) is 16.9 Å². The number of carbonyl (C=O) groups excluding carboxylic acids is 1. The van der Waals surface area contributed by atoms with Crippen LogP contribution in [0, 0.1) is 27.7 Å². The van der Waals surface area contributed by atoms with Crippen LogP contribution in [-0.2, 0) is 29.6 Å². The van der Waals surface area contributed by atoms with Crippen LogP contribution in [0.1, 0.15) is 33.6 Å². The van der Waals surface area contributed by atoms with Gasteiger partial charge in [0.2, 0.25) is 0 Å². The Balaban J connectivity index is 1.61. The highest BCUT2D eigenvalue weighted by molar-refractivity contribution is 5.73. The highest BCUT2D eigenvalue weighted by atomic mass is 16.5. The van der Waals surface area contributed by atoms with Crippen molar-refractivity contribution >= 4 is 5.97 Å². The van der Waals surface area contributed by atoms with Gasteiger partial charge in [0.05, 0.1) is 23.5 Å². The molecule has 4 rings (SSSR count). The number of aromatic nitrogens is 4. The number of aryl methyl sites for hydroxylation is 4. The van der Waals surface area contributed by atoms with Gasteiger partial charge in [-0.3, -0.25) is 9.48 Å². The molecule has 6 nitrogen and oxygen atoms in total. The maximum atomic E-state index is 12.6. The zero-order valence-electron chi connectivity index (χ0n) is 19.2. The first-order valence-electron chi connectivity index (χ1n) is 10.7. The van der Waals surface area contributed by atoms with Gasteiger partial charge in [0.1, 0.15) is 6.61 Å². The fraction of sp³-hybridized carbons (Fsp3) is 0.269. The highest BCUT2D eigenvalue weighted by Crippen LogP contribution is 2.26. The van der Waals surface area contributed by atoms with E-state index in [0.29, 0.717) is 0 Å². The summed E-state index contributed by atoms with van der Waals surface area (Å²) < 4.78 is 9.32. The first-order valence-corrected chi connectivity index (χ1v) is 10.7. The van der Waals surface area contributed by atoms with Crippen molar-refractivity contribution in [2.75, 3.05) is 0 Å². The smallest absolute Gasteiger partial charge is 0.310 e. The quantitative estimate of drug-likeness (QED) is 0.414. The largest absolute Gasteiger partial charge is 0.460 e. The Bertz CT molecular complexity index is 1270. The van der Waals surface area contributed by atoms with Crippen LogP contribution in [0.5, 0.6) is 0 Å². The predicted octanol–water partition coefficient (Wildman–Crippen LogP) is 4.79. The molecule has 0 bridgehead atoms. The van der Waals surface area contributed by atoms with Gasteiger partial charge in [-0.05, 0) is 57.0 Å². The average molecular weight is 429 g/mol. The summed E-state index contributed by atoms with van der Waals surface area (Å²) in [7, 11) is 1.88. The Morgan fingerprint density at radius 3 is 2.38 bits per heavy atom. The van der Waals surface area contributed by atoms with Crippen molar-refractivity contribution in [2.24, 2.45) is 7.05 Å². The van der Waals surface area contributed by atoms with Gasteiger partial charge in [0.15, 0.2) is 0 Å². The van der Waals surface area contributed by atoms with Gasteiger partial charge < -0.3 is 4.74 Å². The average Bonchev–Trinajstić information content (AvgIpc) is 3.31. The lowest BCUT2D eigenvalue weighted by atomic mass is 10.0. The van der Waals surface area contributed by atoms with Crippen LogP contribution < -0.4 is 0 Å². The molecule has 164 valence electrons. The fourth-order valence-electron chi connectivity index (χ4n) is 3.79. The summed E-state index contributed by atoms with van der Waals surface area (Å²) in [4.78, 5) is 12.6. The summed E-state index contributed by atoms with van der Waals surface area (Å²) >= 11 is 0. The van der Waals surface area contributed by atoms with Gasteiger partial charge in [0, 0.05) is 35.6 Å². The van der Waals surface area contributed by atoms with E-state index in [1.54, 1.807) is 4.68 Å². The second-order valence-electron chi connectivity index (χ2n) is 8.19. The lowest BCUT2D eigenvalue weighted by Gasteiger charge is -2.07.